The Morgan fingerprint density at radius 1 is 1.04 bits per heavy atom. The first-order valence-corrected chi connectivity index (χ1v) is 7.43. The fourth-order valence-electron chi connectivity index (χ4n) is 2.10. The summed E-state index contributed by atoms with van der Waals surface area (Å²) < 4.78 is 4.85. The molecular weight excluding hydrogens is 322 g/mol. The third kappa shape index (κ3) is 5.53. The number of nitrogens with one attached hydrogen (secondary N) is 1. The quantitative estimate of drug-likeness (QED) is 0.282. The van der Waals surface area contributed by atoms with Crippen molar-refractivity contribution in [2.45, 2.75) is 12.5 Å². The van der Waals surface area contributed by atoms with Crippen LogP contribution in [0.15, 0.2) is 60.7 Å². The van der Waals surface area contributed by atoms with E-state index in [1.807, 2.05) is 6.07 Å². The molecule has 0 aromatic heterocycles. The van der Waals surface area contributed by atoms with Crippen molar-refractivity contribution < 1.29 is 23.9 Å². The second kappa shape index (κ2) is 8.90. The molecule has 0 saturated heterocycles. The van der Waals surface area contributed by atoms with Crippen molar-refractivity contribution in [3.8, 4) is 0 Å². The molecule has 126 valence electrons. The lowest BCUT2D eigenvalue weighted by Crippen LogP contribution is -2.44. The van der Waals surface area contributed by atoms with Gasteiger partial charge in [0.2, 0.25) is 0 Å². The first-order chi connectivity index (χ1) is 12.1. The fraction of sp³-hybridized carbons (Fsp3) is 0.111. The van der Waals surface area contributed by atoms with Crippen LogP contribution in [-0.2, 0) is 20.7 Å². The Labute approximate surface area is 143 Å². The smallest absolute Gasteiger partial charge is 0.345 e. The predicted molar refractivity (Wildman–Crippen MR) is 88.6 cm³/mol. The molecule has 0 heterocycles. The maximum atomic E-state index is 12.3. The molecule has 0 radical (unpaired) electrons. The normalized spacial score (nSPS) is 10.9. The number of hydrogen-bond acceptors (Lipinski definition) is 4. The van der Waals surface area contributed by atoms with E-state index < -0.39 is 23.9 Å². The third-order valence-electron chi connectivity index (χ3n) is 3.26. The van der Waals surface area contributed by atoms with Gasteiger partial charge in [-0.3, -0.25) is 4.79 Å². The summed E-state index contributed by atoms with van der Waals surface area (Å²) in [6, 6.07) is 15.8. The van der Waals surface area contributed by atoms with Crippen molar-refractivity contribution in [2.75, 3.05) is 0 Å². The summed E-state index contributed by atoms with van der Waals surface area (Å²) in [5, 5.41) is 2.35. The lowest BCUT2D eigenvalue weighted by molar-refractivity contribution is -0.142. The molecule has 0 saturated carbocycles. The SMILES string of the molecule is [N-]=[N+]=CC(=O)N[C@@H](Cc1ccccc1)C(=O)OC(=O)c1ccccc1. The molecule has 0 fully saturated rings. The van der Waals surface area contributed by atoms with Crippen molar-refractivity contribution in [3.63, 3.8) is 0 Å². The molecule has 0 aliphatic rings. The van der Waals surface area contributed by atoms with Crippen LogP contribution in [0.25, 0.3) is 5.53 Å². The number of esters is 2. The van der Waals surface area contributed by atoms with Gasteiger partial charge in [0.15, 0.2) is 0 Å². The van der Waals surface area contributed by atoms with Gasteiger partial charge in [0, 0.05) is 6.42 Å². The summed E-state index contributed by atoms with van der Waals surface area (Å²) in [5.74, 6) is -2.50. The average molecular weight is 337 g/mol. The molecule has 0 spiro atoms. The van der Waals surface area contributed by atoms with Crippen molar-refractivity contribution >= 4 is 24.1 Å². The predicted octanol–water partition coefficient (Wildman–Crippen LogP) is 1.40. The van der Waals surface area contributed by atoms with Crippen LogP contribution < -0.4 is 5.32 Å². The lowest BCUT2D eigenvalue weighted by Gasteiger charge is -2.15. The largest absolute Gasteiger partial charge is 0.388 e. The Kier molecular flexibility index (Phi) is 6.33. The minimum Gasteiger partial charge on any atom is -0.388 e. The highest BCUT2D eigenvalue weighted by molar-refractivity contribution is 6.24. The standard InChI is InChI=1S/C18H15N3O4/c19-20-12-16(22)21-15(11-13-7-3-1-4-8-13)18(24)25-17(23)14-9-5-2-6-10-14/h1-10,12,15H,11H2,(H,21,22)/t15-/m0/s1. The topological polar surface area (TPSA) is 109 Å². The van der Waals surface area contributed by atoms with Crippen LogP contribution in [-0.4, -0.2) is 34.9 Å². The third-order valence-corrected chi connectivity index (χ3v) is 3.26. The number of amides is 1. The van der Waals surface area contributed by atoms with E-state index in [9.17, 15) is 14.4 Å². The molecule has 1 atom stereocenters. The molecule has 7 heteroatoms. The maximum Gasteiger partial charge on any atom is 0.345 e. The Morgan fingerprint density at radius 2 is 1.64 bits per heavy atom. The van der Waals surface area contributed by atoms with E-state index in [1.54, 1.807) is 42.5 Å². The van der Waals surface area contributed by atoms with Gasteiger partial charge in [-0.2, -0.15) is 4.79 Å². The zero-order valence-electron chi connectivity index (χ0n) is 13.2. The molecule has 1 amide bonds. The van der Waals surface area contributed by atoms with Crippen LogP contribution in [0.2, 0.25) is 0 Å². The number of hydrogen-bond donors (Lipinski definition) is 1. The molecule has 2 aromatic rings. The van der Waals surface area contributed by atoms with E-state index in [4.69, 9.17) is 10.3 Å². The number of carbonyl (C=O) groups excluding carboxylic acids is 3. The van der Waals surface area contributed by atoms with Gasteiger partial charge in [0.1, 0.15) is 6.04 Å². The summed E-state index contributed by atoms with van der Waals surface area (Å²) in [6.07, 6.45) is 0.733. The van der Waals surface area contributed by atoms with E-state index in [2.05, 4.69) is 10.1 Å². The highest BCUT2D eigenvalue weighted by Gasteiger charge is 2.26. The Morgan fingerprint density at radius 3 is 2.24 bits per heavy atom. The van der Waals surface area contributed by atoms with E-state index in [0.29, 0.717) is 6.21 Å². The zero-order valence-corrected chi connectivity index (χ0v) is 13.2. The van der Waals surface area contributed by atoms with Gasteiger partial charge in [0.25, 0.3) is 0 Å². The Bertz CT molecular complexity index is 800. The molecule has 2 rings (SSSR count). The molecule has 1 N–H and O–H groups in total. The summed E-state index contributed by atoms with van der Waals surface area (Å²) in [7, 11) is 0. The zero-order chi connectivity index (χ0) is 18.1. The van der Waals surface area contributed by atoms with Crippen LogP contribution in [0.4, 0.5) is 0 Å². The van der Waals surface area contributed by atoms with Crippen molar-refractivity contribution in [1.29, 1.82) is 0 Å². The van der Waals surface area contributed by atoms with Gasteiger partial charge >= 0.3 is 24.1 Å². The van der Waals surface area contributed by atoms with Crippen LogP contribution in [0.3, 0.4) is 0 Å². The van der Waals surface area contributed by atoms with Gasteiger partial charge < -0.3 is 15.6 Å². The average Bonchev–Trinajstić information content (AvgIpc) is 2.63. The summed E-state index contributed by atoms with van der Waals surface area (Å²) in [4.78, 5) is 38.5. The summed E-state index contributed by atoms with van der Waals surface area (Å²) in [6.45, 7) is 0. The molecule has 0 bridgehead atoms. The van der Waals surface area contributed by atoms with E-state index in [0.717, 1.165) is 5.56 Å². The Balaban J connectivity index is 2.12. The van der Waals surface area contributed by atoms with Gasteiger partial charge in [-0.25, -0.2) is 9.59 Å². The molecular formula is C18H15N3O4. The van der Waals surface area contributed by atoms with Crippen LogP contribution in [0.1, 0.15) is 15.9 Å². The molecule has 25 heavy (non-hydrogen) atoms. The van der Waals surface area contributed by atoms with Crippen molar-refractivity contribution in [3.05, 3.63) is 77.3 Å². The van der Waals surface area contributed by atoms with Gasteiger partial charge in [0.05, 0.1) is 5.56 Å². The molecule has 0 aliphatic heterocycles. The highest BCUT2D eigenvalue weighted by atomic mass is 16.6. The van der Waals surface area contributed by atoms with Gasteiger partial charge in [-0.15, -0.1) is 0 Å². The number of nitrogens with zero attached hydrogens (tertiary/aromatic N) is 2. The van der Waals surface area contributed by atoms with Crippen molar-refractivity contribution in [2.24, 2.45) is 0 Å². The van der Waals surface area contributed by atoms with Gasteiger partial charge in [-0.1, -0.05) is 48.5 Å². The molecule has 0 aliphatic carbocycles. The number of benzene rings is 2. The van der Waals surface area contributed by atoms with Gasteiger partial charge in [-0.05, 0) is 17.7 Å². The second-order valence-electron chi connectivity index (χ2n) is 5.07. The first-order valence-electron chi connectivity index (χ1n) is 7.43. The lowest BCUT2D eigenvalue weighted by atomic mass is 10.1. The van der Waals surface area contributed by atoms with Crippen LogP contribution in [0.5, 0.6) is 0 Å². The summed E-state index contributed by atoms with van der Waals surface area (Å²) in [5.41, 5.74) is 9.39. The molecule has 7 nitrogen and oxygen atoms in total. The van der Waals surface area contributed by atoms with E-state index in [1.165, 1.54) is 12.1 Å². The van der Waals surface area contributed by atoms with Crippen LogP contribution in [0, 0.1) is 0 Å². The monoisotopic (exact) mass is 337 g/mol. The van der Waals surface area contributed by atoms with Crippen LogP contribution >= 0.6 is 0 Å². The first kappa shape index (κ1) is 17.8. The summed E-state index contributed by atoms with van der Waals surface area (Å²) >= 11 is 0. The molecule has 2 aromatic carbocycles. The highest BCUT2D eigenvalue weighted by Crippen LogP contribution is 2.07. The second-order valence-corrected chi connectivity index (χ2v) is 5.07. The van der Waals surface area contributed by atoms with E-state index >= 15 is 0 Å². The number of rotatable bonds is 6. The minimum absolute atomic E-state index is 0.118. The maximum absolute atomic E-state index is 12.3. The fourth-order valence-corrected chi connectivity index (χ4v) is 2.10. The number of carbonyl (C=O) groups is 3. The Hall–Kier alpha value is -3.57. The van der Waals surface area contributed by atoms with E-state index in [-0.39, 0.29) is 12.0 Å². The van der Waals surface area contributed by atoms with Crippen molar-refractivity contribution in [1.82, 2.24) is 5.32 Å². The molecule has 0 unspecified atom stereocenters. The minimum atomic E-state index is -1.11. The number of ether oxygens (including phenoxy) is 1.